The van der Waals surface area contributed by atoms with Gasteiger partial charge in [-0.05, 0) is 23.8 Å². The molecule has 138 valence electrons. The minimum Gasteiger partial charge on any atom is -0.365 e. The molecule has 0 fully saturated rings. The van der Waals surface area contributed by atoms with Crippen molar-refractivity contribution in [3.8, 4) is 17.2 Å². The van der Waals surface area contributed by atoms with Crippen LogP contribution in [0.3, 0.4) is 0 Å². The lowest BCUT2D eigenvalue weighted by atomic mass is 9.94. The molecule has 0 amide bonds. The summed E-state index contributed by atoms with van der Waals surface area (Å²) in [6.07, 6.45) is 5.20. The van der Waals surface area contributed by atoms with E-state index >= 15 is 0 Å². The molecule has 4 rings (SSSR count). The van der Waals surface area contributed by atoms with Crippen molar-refractivity contribution in [1.29, 1.82) is 5.26 Å². The highest BCUT2D eigenvalue weighted by atomic mass is 35.5. The fourth-order valence-electron chi connectivity index (χ4n) is 3.34. The number of nitrogens with one attached hydrogen (secondary N) is 1. The Balaban J connectivity index is 1.96. The molecular formula is C21H17ClN6. The number of anilines is 1. The van der Waals surface area contributed by atoms with Gasteiger partial charge in [0.05, 0.1) is 11.7 Å². The maximum Gasteiger partial charge on any atom is 0.147 e. The molecule has 3 heterocycles. The number of nitrogens with zero attached hydrogens (tertiary/aromatic N) is 4. The molecule has 3 N–H and O–H groups in total. The summed E-state index contributed by atoms with van der Waals surface area (Å²) in [6, 6.07) is 15.5. The summed E-state index contributed by atoms with van der Waals surface area (Å²) < 4.78 is 1.72. The first-order valence-electron chi connectivity index (χ1n) is 8.75. The molecule has 0 bridgehead atoms. The molecule has 6 nitrogen and oxygen atoms in total. The molecule has 7 heteroatoms. The first kappa shape index (κ1) is 18.0. The molecule has 0 saturated carbocycles. The van der Waals surface area contributed by atoms with Gasteiger partial charge in [-0.15, -0.1) is 0 Å². The number of hydrogen-bond acceptors (Lipinski definition) is 5. The number of fused-ring (bicyclic) bond motifs is 1. The second-order valence-corrected chi connectivity index (χ2v) is 6.62. The summed E-state index contributed by atoms with van der Waals surface area (Å²) in [7, 11) is 0. The van der Waals surface area contributed by atoms with Crippen LogP contribution in [0.1, 0.15) is 16.7 Å². The molecule has 0 radical (unpaired) electrons. The molecular weight excluding hydrogens is 372 g/mol. The van der Waals surface area contributed by atoms with Crippen LogP contribution in [0.25, 0.3) is 16.6 Å². The standard InChI is InChI=1S/C21H17ClN6/c22-18-6-2-1-5-15(18)20-16(10-23)19-7-9-27-28(19)21(17(20)11-24)26-13-14-4-3-8-25-12-14/h1-9,12,26H,10,13,23H2. The Kier molecular flexibility index (Phi) is 4.94. The number of pyridine rings is 2. The Morgan fingerprint density at radius 2 is 2.00 bits per heavy atom. The number of nitrogens with two attached hydrogens (primary N) is 1. The number of hydrogen-bond donors (Lipinski definition) is 2. The average molecular weight is 389 g/mol. The average Bonchev–Trinajstić information content (AvgIpc) is 3.22. The minimum atomic E-state index is 0.257. The van der Waals surface area contributed by atoms with Crippen LogP contribution >= 0.6 is 11.6 Å². The minimum absolute atomic E-state index is 0.257. The predicted octanol–water partition coefficient (Wildman–Crippen LogP) is 3.99. The van der Waals surface area contributed by atoms with Crippen molar-refractivity contribution in [1.82, 2.24) is 14.6 Å². The zero-order chi connectivity index (χ0) is 19.5. The molecule has 0 atom stereocenters. The number of benzene rings is 1. The summed E-state index contributed by atoms with van der Waals surface area (Å²) in [4.78, 5) is 4.13. The Morgan fingerprint density at radius 3 is 2.71 bits per heavy atom. The van der Waals surface area contributed by atoms with Gasteiger partial charge in [0.15, 0.2) is 0 Å². The predicted molar refractivity (Wildman–Crippen MR) is 110 cm³/mol. The second kappa shape index (κ2) is 7.69. The van der Waals surface area contributed by atoms with E-state index in [-0.39, 0.29) is 6.54 Å². The zero-order valence-corrected chi connectivity index (χ0v) is 15.7. The maximum absolute atomic E-state index is 10.0. The first-order valence-corrected chi connectivity index (χ1v) is 9.12. The van der Waals surface area contributed by atoms with Crippen LogP contribution < -0.4 is 11.1 Å². The van der Waals surface area contributed by atoms with Crippen molar-refractivity contribution in [3.63, 3.8) is 0 Å². The summed E-state index contributed by atoms with van der Waals surface area (Å²) >= 11 is 6.47. The zero-order valence-electron chi connectivity index (χ0n) is 14.9. The molecule has 0 unspecified atom stereocenters. The van der Waals surface area contributed by atoms with E-state index in [4.69, 9.17) is 17.3 Å². The number of halogens is 1. The molecule has 28 heavy (non-hydrogen) atoms. The van der Waals surface area contributed by atoms with Crippen molar-refractivity contribution in [2.24, 2.45) is 5.73 Å². The molecule has 3 aromatic heterocycles. The van der Waals surface area contributed by atoms with Gasteiger partial charge in [0.2, 0.25) is 0 Å². The van der Waals surface area contributed by atoms with E-state index < -0.39 is 0 Å². The molecule has 4 aromatic rings. The molecule has 0 aliphatic rings. The van der Waals surface area contributed by atoms with Crippen molar-refractivity contribution < 1.29 is 0 Å². The van der Waals surface area contributed by atoms with Crippen molar-refractivity contribution in [2.45, 2.75) is 13.1 Å². The second-order valence-electron chi connectivity index (χ2n) is 6.22. The summed E-state index contributed by atoms with van der Waals surface area (Å²) in [5, 5.41) is 18.4. The van der Waals surface area contributed by atoms with Crippen LogP contribution in [0.4, 0.5) is 5.82 Å². The summed E-state index contributed by atoms with van der Waals surface area (Å²) in [5.41, 5.74) is 10.7. The Morgan fingerprint density at radius 1 is 1.14 bits per heavy atom. The van der Waals surface area contributed by atoms with Gasteiger partial charge < -0.3 is 11.1 Å². The molecule has 0 saturated heterocycles. The Labute approximate surface area is 167 Å². The Hall–Kier alpha value is -3.40. The molecule has 1 aromatic carbocycles. The summed E-state index contributed by atoms with van der Waals surface area (Å²) in [5.74, 6) is 0.596. The SMILES string of the molecule is N#Cc1c(-c2ccccc2Cl)c(CN)c2ccnn2c1NCc1cccnc1. The first-order chi connectivity index (χ1) is 13.7. The number of aromatic nitrogens is 3. The highest BCUT2D eigenvalue weighted by Gasteiger charge is 2.22. The van der Waals surface area contributed by atoms with Gasteiger partial charge in [-0.3, -0.25) is 4.98 Å². The van der Waals surface area contributed by atoms with E-state index in [2.05, 4.69) is 21.5 Å². The molecule has 0 aliphatic heterocycles. The monoisotopic (exact) mass is 388 g/mol. The van der Waals surface area contributed by atoms with E-state index in [1.54, 1.807) is 23.1 Å². The van der Waals surface area contributed by atoms with Gasteiger partial charge in [0.1, 0.15) is 17.5 Å². The number of rotatable bonds is 5. The lowest BCUT2D eigenvalue weighted by Gasteiger charge is -2.19. The fourth-order valence-corrected chi connectivity index (χ4v) is 3.57. The van der Waals surface area contributed by atoms with Crippen molar-refractivity contribution in [3.05, 3.63) is 82.8 Å². The number of nitriles is 1. The Bertz CT molecular complexity index is 1180. The third-order valence-corrected chi connectivity index (χ3v) is 4.92. The normalized spacial score (nSPS) is 10.8. The highest BCUT2D eigenvalue weighted by molar-refractivity contribution is 6.33. The van der Waals surface area contributed by atoms with Gasteiger partial charge in [0.25, 0.3) is 0 Å². The third-order valence-electron chi connectivity index (χ3n) is 4.59. The van der Waals surface area contributed by atoms with Gasteiger partial charge in [-0.1, -0.05) is 35.9 Å². The van der Waals surface area contributed by atoms with Crippen LogP contribution in [0, 0.1) is 11.3 Å². The van der Waals surface area contributed by atoms with E-state index in [1.807, 2.05) is 42.5 Å². The topological polar surface area (TPSA) is 92.0 Å². The smallest absolute Gasteiger partial charge is 0.147 e. The van der Waals surface area contributed by atoms with Crippen molar-refractivity contribution in [2.75, 3.05) is 5.32 Å². The summed E-state index contributed by atoms with van der Waals surface area (Å²) in [6.45, 7) is 0.759. The maximum atomic E-state index is 10.0. The van der Waals surface area contributed by atoms with Crippen LogP contribution in [-0.2, 0) is 13.1 Å². The highest BCUT2D eigenvalue weighted by Crippen LogP contribution is 2.38. The van der Waals surface area contributed by atoms with E-state index in [1.165, 1.54) is 0 Å². The van der Waals surface area contributed by atoms with E-state index in [0.29, 0.717) is 22.9 Å². The largest absolute Gasteiger partial charge is 0.365 e. The lowest BCUT2D eigenvalue weighted by Crippen LogP contribution is -2.12. The van der Waals surface area contributed by atoms with Gasteiger partial charge in [0, 0.05) is 47.2 Å². The van der Waals surface area contributed by atoms with Crippen molar-refractivity contribution >= 4 is 22.9 Å². The third kappa shape index (κ3) is 3.07. The van der Waals surface area contributed by atoms with Crippen LogP contribution in [0.2, 0.25) is 5.02 Å². The van der Waals surface area contributed by atoms with E-state index in [0.717, 1.165) is 27.8 Å². The molecule has 0 aliphatic carbocycles. The van der Waals surface area contributed by atoms with Gasteiger partial charge in [-0.2, -0.15) is 10.4 Å². The van der Waals surface area contributed by atoms with Gasteiger partial charge >= 0.3 is 0 Å². The lowest BCUT2D eigenvalue weighted by molar-refractivity contribution is 0.924. The van der Waals surface area contributed by atoms with Crippen LogP contribution in [-0.4, -0.2) is 14.6 Å². The quantitative estimate of drug-likeness (QED) is 0.539. The van der Waals surface area contributed by atoms with Crippen LogP contribution in [0.5, 0.6) is 0 Å². The fraction of sp³-hybridized carbons (Fsp3) is 0.0952. The molecule has 0 spiro atoms. The van der Waals surface area contributed by atoms with Gasteiger partial charge in [-0.25, -0.2) is 4.52 Å². The van der Waals surface area contributed by atoms with E-state index in [9.17, 15) is 5.26 Å². The van der Waals surface area contributed by atoms with Crippen LogP contribution in [0.15, 0.2) is 61.1 Å².